The Kier molecular flexibility index (Phi) is 5.25. The van der Waals surface area contributed by atoms with Gasteiger partial charge in [-0.15, -0.1) is 0 Å². The first-order valence-corrected chi connectivity index (χ1v) is 9.77. The minimum atomic E-state index is -0.225. The van der Waals surface area contributed by atoms with Crippen LogP contribution in [0.2, 0.25) is 0 Å². The number of aromatic nitrogens is 2. The molecule has 0 saturated heterocycles. The third-order valence-corrected chi connectivity index (χ3v) is 5.13. The number of nitrogens with zero attached hydrogens (tertiary/aromatic N) is 3. The molecule has 1 aliphatic heterocycles. The monoisotopic (exact) mass is 390 g/mol. The summed E-state index contributed by atoms with van der Waals surface area (Å²) in [7, 11) is 0. The number of amides is 1. The molecule has 1 amide bonds. The van der Waals surface area contributed by atoms with Crippen LogP contribution >= 0.6 is 0 Å². The van der Waals surface area contributed by atoms with Crippen molar-refractivity contribution >= 4 is 17.5 Å². The van der Waals surface area contributed by atoms with Crippen LogP contribution in [0.3, 0.4) is 0 Å². The number of hydrogen-bond donors (Lipinski definition) is 1. The number of halogens is 1. The number of carbonyl (C=O) groups excluding carboxylic acids is 1. The molecule has 5 nitrogen and oxygen atoms in total. The first-order chi connectivity index (χ1) is 14.0. The third kappa shape index (κ3) is 3.97. The lowest BCUT2D eigenvalue weighted by Gasteiger charge is -2.22. The van der Waals surface area contributed by atoms with Crippen molar-refractivity contribution in [3.63, 3.8) is 0 Å². The average Bonchev–Trinajstić information content (AvgIpc) is 3.04. The van der Waals surface area contributed by atoms with Crippen LogP contribution in [0.25, 0.3) is 0 Å². The van der Waals surface area contributed by atoms with Gasteiger partial charge >= 0.3 is 0 Å². The highest BCUT2D eigenvalue weighted by Gasteiger charge is 2.32. The Bertz CT molecular complexity index is 1050. The summed E-state index contributed by atoms with van der Waals surface area (Å²) in [6, 6.07) is 16.4. The van der Waals surface area contributed by atoms with E-state index in [0.29, 0.717) is 35.9 Å². The lowest BCUT2D eigenvalue weighted by Crippen LogP contribution is -2.36. The van der Waals surface area contributed by atoms with Crippen LogP contribution in [0, 0.1) is 12.7 Å². The van der Waals surface area contributed by atoms with Gasteiger partial charge in [-0.3, -0.25) is 4.79 Å². The number of para-hydroxylation sites is 1. The van der Waals surface area contributed by atoms with Crippen LogP contribution in [0.4, 0.5) is 16.0 Å². The van der Waals surface area contributed by atoms with Gasteiger partial charge in [0.15, 0.2) is 0 Å². The first kappa shape index (κ1) is 19.1. The van der Waals surface area contributed by atoms with Gasteiger partial charge in [0, 0.05) is 24.0 Å². The van der Waals surface area contributed by atoms with E-state index in [1.807, 2.05) is 38.1 Å². The summed E-state index contributed by atoms with van der Waals surface area (Å²) in [5.41, 5.74) is 3.80. The summed E-state index contributed by atoms with van der Waals surface area (Å²) < 4.78 is 13.8. The number of nitrogens with one attached hydrogen (secondary N) is 1. The minimum Gasteiger partial charge on any atom is -0.354 e. The van der Waals surface area contributed by atoms with Crippen LogP contribution in [0.15, 0.2) is 54.6 Å². The number of carbonyl (C=O) groups is 1. The van der Waals surface area contributed by atoms with E-state index in [-0.39, 0.29) is 17.8 Å². The van der Waals surface area contributed by atoms with Crippen molar-refractivity contribution < 1.29 is 9.18 Å². The first-order valence-electron chi connectivity index (χ1n) is 9.77. The zero-order chi connectivity index (χ0) is 20.4. The molecule has 0 fully saturated rings. The van der Waals surface area contributed by atoms with Crippen molar-refractivity contribution in [1.29, 1.82) is 0 Å². The van der Waals surface area contributed by atoms with Gasteiger partial charge in [0.25, 0.3) is 5.91 Å². The van der Waals surface area contributed by atoms with Crippen LogP contribution in [0.5, 0.6) is 0 Å². The lowest BCUT2D eigenvalue weighted by molar-refractivity contribution is 0.0976. The second-order valence-corrected chi connectivity index (χ2v) is 7.34. The maximum Gasteiger partial charge on any atom is 0.277 e. The van der Waals surface area contributed by atoms with Gasteiger partial charge < -0.3 is 10.2 Å². The number of benzene rings is 2. The second kappa shape index (κ2) is 7.99. The highest BCUT2D eigenvalue weighted by Crippen LogP contribution is 2.32. The Morgan fingerprint density at radius 2 is 1.93 bits per heavy atom. The molecule has 1 unspecified atom stereocenters. The van der Waals surface area contributed by atoms with E-state index >= 15 is 0 Å². The third-order valence-electron chi connectivity index (χ3n) is 5.13. The summed E-state index contributed by atoms with van der Waals surface area (Å²) in [6.45, 7) is 4.35. The average molecular weight is 390 g/mol. The lowest BCUT2D eigenvalue weighted by atomic mass is 10.1. The number of hydrogen-bond acceptors (Lipinski definition) is 4. The Labute approximate surface area is 169 Å². The predicted molar refractivity (Wildman–Crippen MR) is 112 cm³/mol. The topological polar surface area (TPSA) is 58.1 Å². The van der Waals surface area contributed by atoms with E-state index in [2.05, 4.69) is 21.4 Å². The van der Waals surface area contributed by atoms with Gasteiger partial charge in [-0.05, 0) is 56.0 Å². The molecule has 29 heavy (non-hydrogen) atoms. The Balaban J connectivity index is 1.51. The van der Waals surface area contributed by atoms with E-state index in [4.69, 9.17) is 0 Å². The Morgan fingerprint density at radius 1 is 1.17 bits per heavy atom. The molecule has 2 heterocycles. The van der Waals surface area contributed by atoms with E-state index in [9.17, 15) is 9.18 Å². The largest absolute Gasteiger partial charge is 0.354 e. The minimum absolute atomic E-state index is 0.0765. The van der Waals surface area contributed by atoms with Crippen LogP contribution in [-0.2, 0) is 12.8 Å². The van der Waals surface area contributed by atoms with Gasteiger partial charge in [-0.1, -0.05) is 36.4 Å². The van der Waals surface area contributed by atoms with Crippen LogP contribution in [0.1, 0.15) is 34.2 Å². The van der Waals surface area contributed by atoms with Crippen molar-refractivity contribution in [2.75, 3.05) is 16.8 Å². The van der Waals surface area contributed by atoms with Gasteiger partial charge in [-0.2, -0.15) is 0 Å². The van der Waals surface area contributed by atoms with E-state index < -0.39 is 0 Å². The molecule has 1 aliphatic rings. The molecule has 0 spiro atoms. The highest BCUT2D eigenvalue weighted by molar-refractivity contribution is 6.06. The summed E-state index contributed by atoms with van der Waals surface area (Å²) in [5.74, 6) is 0.0203. The SMILES string of the molecule is Cc1cc(C(=O)N2c3ccccc3CC2C)nc(NCCc2ccccc2F)n1. The van der Waals surface area contributed by atoms with Gasteiger partial charge in [0.05, 0.1) is 0 Å². The van der Waals surface area contributed by atoms with Gasteiger partial charge in [-0.25, -0.2) is 14.4 Å². The highest BCUT2D eigenvalue weighted by atomic mass is 19.1. The van der Waals surface area contributed by atoms with E-state index in [0.717, 1.165) is 12.1 Å². The fourth-order valence-corrected chi connectivity index (χ4v) is 3.77. The molecular weight excluding hydrogens is 367 g/mol. The predicted octanol–water partition coefficient (Wildman–Crippen LogP) is 4.17. The summed E-state index contributed by atoms with van der Waals surface area (Å²) in [4.78, 5) is 23.8. The van der Waals surface area contributed by atoms with E-state index in [1.165, 1.54) is 11.6 Å². The molecule has 0 radical (unpaired) electrons. The van der Waals surface area contributed by atoms with Gasteiger partial charge in [0.2, 0.25) is 5.95 Å². The fraction of sp³-hybridized carbons (Fsp3) is 0.261. The zero-order valence-corrected chi connectivity index (χ0v) is 16.5. The van der Waals surface area contributed by atoms with Gasteiger partial charge in [0.1, 0.15) is 11.5 Å². The Hall–Kier alpha value is -3.28. The summed E-state index contributed by atoms with van der Waals surface area (Å²) in [6.07, 6.45) is 1.34. The van der Waals surface area contributed by atoms with Crippen LogP contribution < -0.4 is 10.2 Å². The van der Waals surface area contributed by atoms with Crippen LogP contribution in [-0.4, -0.2) is 28.5 Å². The molecule has 2 aromatic carbocycles. The van der Waals surface area contributed by atoms with Crippen molar-refractivity contribution in [3.8, 4) is 0 Å². The van der Waals surface area contributed by atoms with E-state index in [1.54, 1.807) is 23.1 Å². The van der Waals surface area contributed by atoms with Crippen molar-refractivity contribution in [2.45, 2.75) is 32.7 Å². The number of rotatable bonds is 5. The normalized spacial score (nSPS) is 15.3. The maximum atomic E-state index is 13.8. The molecule has 4 rings (SSSR count). The molecule has 1 N–H and O–H groups in total. The standard InChI is InChI=1S/C23H23FN4O/c1-15-13-20(22(29)28-16(2)14-18-8-4-6-10-21(18)28)27-23(26-15)25-12-11-17-7-3-5-9-19(17)24/h3-10,13,16H,11-12,14H2,1-2H3,(H,25,26,27). The quantitative estimate of drug-likeness (QED) is 0.710. The summed E-state index contributed by atoms with van der Waals surface area (Å²) in [5, 5.41) is 3.12. The molecule has 1 aromatic heterocycles. The van der Waals surface area contributed by atoms with Crippen molar-refractivity contribution in [3.05, 3.63) is 82.9 Å². The molecule has 0 saturated carbocycles. The molecule has 148 valence electrons. The molecule has 0 bridgehead atoms. The number of aryl methyl sites for hydroxylation is 1. The second-order valence-electron chi connectivity index (χ2n) is 7.34. The zero-order valence-electron chi connectivity index (χ0n) is 16.5. The molecule has 6 heteroatoms. The molecule has 1 atom stereocenters. The smallest absolute Gasteiger partial charge is 0.277 e. The number of fused-ring (bicyclic) bond motifs is 1. The summed E-state index contributed by atoms with van der Waals surface area (Å²) >= 11 is 0. The van der Waals surface area contributed by atoms with Crippen molar-refractivity contribution in [2.24, 2.45) is 0 Å². The van der Waals surface area contributed by atoms with Crippen molar-refractivity contribution in [1.82, 2.24) is 9.97 Å². The molecule has 3 aromatic rings. The Morgan fingerprint density at radius 3 is 2.76 bits per heavy atom. The number of anilines is 2. The molecule has 0 aliphatic carbocycles. The maximum absolute atomic E-state index is 13.8. The fourth-order valence-electron chi connectivity index (χ4n) is 3.77. The molecular formula is C23H23FN4O.